The first-order valence-corrected chi connectivity index (χ1v) is 6.16. The van der Waals surface area contributed by atoms with Gasteiger partial charge in [0.05, 0.1) is 0 Å². The van der Waals surface area contributed by atoms with Gasteiger partial charge in [0.2, 0.25) is 0 Å². The predicted molar refractivity (Wildman–Crippen MR) is 62.5 cm³/mol. The first-order chi connectivity index (χ1) is 6.72. The maximum atomic E-state index is 3.68. The average Bonchev–Trinajstić information content (AvgIpc) is 2.58. The minimum Gasteiger partial charge on any atom is -0.317 e. The van der Waals surface area contributed by atoms with Crippen LogP contribution in [0.15, 0.2) is 0 Å². The molecular formula is C12H26N2. The van der Waals surface area contributed by atoms with Crippen LogP contribution in [0.25, 0.3) is 0 Å². The van der Waals surface area contributed by atoms with Crippen molar-refractivity contribution in [1.29, 1.82) is 0 Å². The van der Waals surface area contributed by atoms with Gasteiger partial charge in [-0.2, -0.15) is 0 Å². The lowest BCUT2D eigenvalue weighted by atomic mass is 10.1. The van der Waals surface area contributed by atoms with Crippen molar-refractivity contribution < 1.29 is 0 Å². The smallest absolute Gasteiger partial charge is 0.00698 e. The van der Waals surface area contributed by atoms with Crippen LogP contribution in [0.4, 0.5) is 0 Å². The summed E-state index contributed by atoms with van der Waals surface area (Å²) in [6, 6.07) is 0.800. The van der Waals surface area contributed by atoms with Crippen molar-refractivity contribution in [3.05, 3.63) is 0 Å². The minimum absolute atomic E-state index is 0.755. The van der Waals surface area contributed by atoms with Gasteiger partial charge in [-0.1, -0.05) is 20.8 Å². The minimum atomic E-state index is 0.755. The predicted octanol–water partition coefficient (Wildman–Crippen LogP) is 2.01. The van der Waals surface area contributed by atoms with E-state index in [2.05, 4.69) is 31.4 Å². The molecule has 0 spiro atoms. The molecule has 1 aliphatic carbocycles. The zero-order chi connectivity index (χ0) is 10.4. The van der Waals surface area contributed by atoms with Crippen LogP contribution in [0, 0.1) is 11.8 Å². The molecule has 0 aromatic heterocycles. The Hall–Kier alpha value is -0.0800. The van der Waals surface area contributed by atoms with Crippen LogP contribution in [-0.2, 0) is 0 Å². The molecule has 1 saturated carbocycles. The van der Waals surface area contributed by atoms with Gasteiger partial charge >= 0.3 is 0 Å². The van der Waals surface area contributed by atoms with Crippen molar-refractivity contribution in [2.75, 3.05) is 19.6 Å². The molecule has 0 aromatic carbocycles. The average molecular weight is 198 g/mol. The summed E-state index contributed by atoms with van der Waals surface area (Å²) >= 11 is 0. The van der Waals surface area contributed by atoms with Gasteiger partial charge in [0.25, 0.3) is 0 Å². The number of nitrogens with one attached hydrogen (secondary N) is 2. The Morgan fingerprint density at radius 2 is 2.07 bits per heavy atom. The number of hydrogen-bond acceptors (Lipinski definition) is 2. The Bertz CT molecular complexity index is 147. The van der Waals surface area contributed by atoms with E-state index < -0.39 is 0 Å². The maximum absolute atomic E-state index is 3.68. The molecule has 1 fully saturated rings. The highest BCUT2D eigenvalue weighted by Crippen LogP contribution is 2.24. The third-order valence-corrected chi connectivity index (χ3v) is 3.19. The van der Waals surface area contributed by atoms with E-state index >= 15 is 0 Å². The van der Waals surface area contributed by atoms with Gasteiger partial charge in [0.15, 0.2) is 0 Å². The monoisotopic (exact) mass is 198 g/mol. The van der Waals surface area contributed by atoms with Gasteiger partial charge in [-0.05, 0) is 50.7 Å². The van der Waals surface area contributed by atoms with E-state index in [-0.39, 0.29) is 0 Å². The third kappa shape index (κ3) is 4.43. The van der Waals surface area contributed by atoms with Crippen LogP contribution in [0.1, 0.15) is 40.0 Å². The summed E-state index contributed by atoms with van der Waals surface area (Å²) in [6.45, 7) is 10.2. The third-order valence-electron chi connectivity index (χ3n) is 3.19. The Balaban J connectivity index is 2.02. The second-order valence-corrected chi connectivity index (χ2v) is 4.94. The maximum Gasteiger partial charge on any atom is 0.00698 e. The summed E-state index contributed by atoms with van der Waals surface area (Å²) in [5, 5.41) is 7.07. The molecule has 3 unspecified atom stereocenters. The molecule has 3 atom stereocenters. The molecule has 2 nitrogen and oxygen atoms in total. The van der Waals surface area contributed by atoms with E-state index in [1.165, 1.54) is 25.8 Å². The summed E-state index contributed by atoms with van der Waals surface area (Å²) in [4.78, 5) is 0. The molecule has 0 bridgehead atoms. The summed E-state index contributed by atoms with van der Waals surface area (Å²) < 4.78 is 0. The van der Waals surface area contributed by atoms with Crippen LogP contribution in [0.3, 0.4) is 0 Å². The fourth-order valence-electron chi connectivity index (χ4n) is 2.22. The second-order valence-electron chi connectivity index (χ2n) is 4.94. The molecule has 1 rings (SSSR count). The summed E-state index contributed by atoms with van der Waals surface area (Å²) in [5.74, 6) is 1.70. The van der Waals surface area contributed by atoms with Gasteiger partial charge in [-0.15, -0.1) is 0 Å². The molecule has 0 aromatic rings. The fraction of sp³-hybridized carbons (Fsp3) is 1.00. The SMILES string of the molecule is CCNCC(C)CNC1CCC(C)C1. The van der Waals surface area contributed by atoms with E-state index in [4.69, 9.17) is 0 Å². The number of rotatable bonds is 6. The van der Waals surface area contributed by atoms with Crippen LogP contribution >= 0.6 is 0 Å². The zero-order valence-electron chi connectivity index (χ0n) is 9.97. The highest BCUT2D eigenvalue weighted by atomic mass is 14.9. The van der Waals surface area contributed by atoms with Crippen LogP contribution < -0.4 is 10.6 Å². The first kappa shape index (κ1) is 12.0. The highest BCUT2D eigenvalue weighted by molar-refractivity contribution is 4.78. The van der Waals surface area contributed by atoms with E-state index in [0.29, 0.717) is 0 Å². The van der Waals surface area contributed by atoms with Crippen molar-refractivity contribution in [2.45, 2.75) is 46.1 Å². The molecule has 0 heterocycles. The van der Waals surface area contributed by atoms with Crippen molar-refractivity contribution in [2.24, 2.45) is 11.8 Å². The van der Waals surface area contributed by atoms with E-state index in [9.17, 15) is 0 Å². The topological polar surface area (TPSA) is 24.1 Å². The van der Waals surface area contributed by atoms with Gasteiger partial charge in [0, 0.05) is 6.04 Å². The molecule has 0 saturated heterocycles. The quantitative estimate of drug-likeness (QED) is 0.682. The molecule has 84 valence electrons. The molecular weight excluding hydrogens is 172 g/mol. The lowest BCUT2D eigenvalue weighted by molar-refractivity contribution is 0.426. The molecule has 0 radical (unpaired) electrons. The Morgan fingerprint density at radius 1 is 1.29 bits per heavy atom. The van der Waals surface area contributed by atoms with E-state index in [0.717, 1.165) is 31.0 Å². The highest BCUT2D eigenvalue weighted by Gasteiger charge is 2.20. The lowest BCUT2D eigenvalue weighted by Crippen LogP contribution is -2.34. The van der Waals surface area contributed by atoms with Crippen LogP contribution in [-0.4, -0.2) is 25.7 Å². The van der Waals surface area contributed by atoms with Crippen molar-refractivity contribution in [3.8, 4) is 0 Å². The standard InChI is InChI=1S/C12H26N2/c1-4-13-8-11(3)9-14-12-6-5-10(2)7-12/h10-14H,4-9H2,1-3H3. The molecule has 0 amide bonds. The lowest BCUT2D eigenvalue weighted by Gasteiger charge is -2.17. The van der Waals surface area contributed by atoms with E-state index in [1.807, 2.05) is 0 Å². The van der Waals surface area contributed by atoms with Crippen LogP contribution in [0.5, 0.6) is 0 Å². The normalized spacial score (nSPS) is 29.4. The molecule has 0 aliphatic heterocycles. The largest absolute Gasteiger partial charge is 0.317 e. The Kier molecular flexibility index (Phi) is 5.49. The summed E-state index contributed by atoms with van der Waals surface area (Å²) in [6.07, 6.45) is 4.18. The molecule has 1 aliphatic rings. The van der Waals surface area contributed by atoms with Gasteiger partial charge < -0.3 is 10.6 Å². The van der Waals surface area contributed by atoms with Crippen LogP contribution in [0.2, 0.25) is 0 Å². The molecule has 2 heteroatoms. The van der Waals surface area contributed by atoms with Crippen molar-refractivity contribution >= 4 is 0 Å². The van der Waals surface area contributed by atoms with Gasteiger partial charge in [0.1, 0.15) is 0 Å². The van der Waals surface area contributed by atoms with Crippen molar-refractivity contribution in [3.63, 3.8) is 0 Å². The second kappa shape index (κ2) is 6.41. The Morgan fingerprint density at radius 3 is 2.64 bits per heavy atom. The van der Waals surface area contributed by atoms with E-state index in [1.54, 1.807) is 0 Å². The first-order valence-electron chi connectivity index (χ1n) is 6.16. The van der Waals surface area contributed by atoms with Gasteiger partial charge in [-0.25, -0.2) is 0 Å². The summed E-state index contributed by atoms with van der Waals surface area (Å²) in [5.41, 5.74) is 0. The Labute approximate surface area is 88.8 Å². The molecule has 14 heavy (non-hydrogen) atoms. The summed E-state index contributed by atoms with van der Waals surface area (Å²) in [7, 11) is 0. The number of hydrogen-bond donors (Lipinski definition) is 2. The van der Waals surface area contributed by atoms with Gasteiger partial charge in [-0.3, -0.25) is 0 Å². The molecule has 2 N–H and O–H groups in total. The van der Waals surface area contributed by atoms with Crippen molar-refractivity contribution in [1.82, 2.24) is 10.6 Å². The zero-order valence-corrected chi connectivity index (χ0v) is 9.97. The fourth-order valence-corrected chi connectivity index (χ4v) is 2.22.